The highest BCUT2D eigenvalue weighted by Gasteiger charge is 2.21. The predicted molar refractivity (Wildman–Crippen MR) is 83.4 cm³/mol. The highest BCUT2D eigenvalue weighted by atomic mass is 16.5. The smallest absolute Gasteiger partial charge is 0.326 e. The molecule has 1 fully saturated rings. The molecule has 5 nitrogen and oxygen atoms in total. The van der Waals surface area contributed by atoms with Crippen LogP contribution in [0.25, 0.3) is 11.0 Å². The van der Waals surface area contributed by atoms with Crippen LogP contribution in [-0.4, -0.2) is 28.3 Å². The van der Waals surface area contributed by atoms with Gasteiger partial charge in [-0.25, -0.2) is 4.79 Å². The van der Waals surface area contributed by atoms with Crippen molar-refractivity contribution in [2.75, 3.05) is 6.61 Å². The first-order valence-electron chi connectivity index (χ1n) is 7.80. The van der Waals surface area contributed by atoms with Crippen molar-refractivity contribution in [2.24, 2.45) is 5.73 Å². The van der Waals surface area contributed by atoms with Crippen molar-refractivity contribution < 1.29 is 4.74 Å². The van der Waals surface area contributed by atoms with Gasteiger partial charge in [0.1, 0.15) is 0 Å². The molecule has 21 heavy (non-hydrogen) atoms. The van der Waals surface area contributed by atoms with Crippen LogP contribution < -0.4 is 11.4 Å². The zero-order valence-corrected chi connectivity index (χ0v) is 12.3. The number of imidazole rings is 1. The van der Waals surface area contributed by atoms with Crippen LogP contribution in [0.5, 0.6) is 0 Å². The van der Waals surface area contributed by atoms with E-state index < -0.39 is 0 Å². The molecule has 1 aliphatic carbocycles. The second-order valence-corrected chi connectivity index (χ2v) is 5.81. The molecular weight excluding hydrogens is 266 g/mol. The van der Waals surface area contributed by atoms with Crippen molar-refractivity contribution in [2.45, 2.75) is 50.8 Å². The van der Waals surface area contributed by atoms with Gasteiger partial charge in [-0.1, -0.05) is 25.0 Å². The fraction of sp³-hybridized carbons (Fsp3) is 0.562. The Hall–Kier alpha value is -1.59. The van der Waals surface area contributed by atoms with Gasteiger partial charge < -0.3 is 15.5 Å². The molecule has 5 heteroatoms. The van der Waals surface area contributed by atoms with E-state index in [9.17, 15) is 4.79 Å². The number of aromatic amines is 1. The van der Waals surface area contributed by atoms with Gasteiger partial charge in [0.25, 0.3) is 0 Å². The number of nitrogens with two attached hydrogens (primary N) is 1. The van der Waals surface area contributed by atoms with Gasteiger partial charge in [-0.2, -0.15) is 0 Å². The molecule has 114 valence electrons. The van der Waals surface area contributed by atoms with E-state index in [-0.39, 0.29) is 17.8 Å². The van der Waals surface area contributed by atoms with Gasteiger partial charge in [-0.3, -0.25) is 4.57 Å². The molecule has 0 saturated heterocycles. The zero-order chi connectivity index (χ0) is 14.7. The number of H-pyrrole nitrogens is 1. The van der Waals surface area contributed by atoms with Crippen LogP contribution in [0, 0.1) is 0 Å². The molecule has 2 atom stereocenters. The maximum absolute atomic E-state index is 11.9. The van der Waals surface area contributed by atoms with Crippen LogP contribution in [0.4, 0.5) is 0 Å². The molecule has 0 amide bonds. The number of hydrogen-bond donors (Lipinski definition) is 2. The van der Waals surface area contributed by atoms with E-state index in [0.717, 1.165) is 30.3 Å². The summed E-state index contributed by atoms with van der Waals surface area (Å²) in [6, 6.07) is 7.94. The van der Waals surface area contributed by atoms with E-state index in [2.05, 4.69) is 4.98 Å². The third-order valence-corrected chi connectivity index (χ3v) is 4.29. The lowest BCUT2D eigenvalue weighted by atomic mass is 9.93. The molecule has 3 N–H and O–H groups in total. The molecule has 0 bridgehead atoms. The fourth-order valence-corrected chi connectivity index (χ4v) is 3.12. The number of fused-ring (bicyclic) bond motifs is 1. The molecule has 0 spiro atoms. The summed E-state index contributed by atoms with van der Waals surface area (Å²) in [7, 11) is 0. The highest BCUT2D eigenvalue weighted by Crippen LogP contribution is 2.19. The summed E-state index contributed by atoms with van der Waals surface area (Å²) in [6.07, 6.45) is 5.57. The standard InChI is InChI=1S/C16H23N3O2/c17-12-6-1-4-9-15(12)21-11-5-10-19-14-8-3-2-7-13(14)18-16(19)20/h2-3,7-8,12,15H,1,4-6,9-11,17H2,(H,18,20). The number of nitrogens with zero attached hydrogens (tertiary/aromatic N) is 1. The Kier molecular flexibility index (Phi) is 4.41. The van der Waals surface area contributed by atoms with Crippen LogP contribution >= 0.6 is 0 Å². The first kappa shape index (κ1) is 14.4. The van der Waals surface area contributed by atoms with Gasteiger partial charge in [0.05, 0.1) is 17.1 Å². The average molecular weight is 289 g/mol. The summed E-state index contributed by atoms with van der Waals surface area (Å²) in [5, 5.41) is 0. The highest BCUT2D eigenvalue weighted by molar-refractivity contribution is 5.74. The number of benzene rings is 1. The Morgan fingerprint density at radius 3 is 2.95 bits per heavy atom. The van der Waals surface area contributed by atoms with Crippen LogP contribution in [0.3, 0.4) is 0 Å². The van der Waals surface area contributed by atoms with Crippen molar-refractivity contribution in [3.8, 4) is 0 Å². The lowest BCUT2D eigenvalue weighted by Gasteiger charge is -2.28. The quantitative estimate of drug-likeness (QED) is 0.827. The molecule has 1 aliphatic rings. The molecule has 0 radical (unpaired) electrons. The van der Waals surface area contributed by atoms with Gasteiger partial charge in [-0.15, -0.1) is 0 Å². The van der Waals surface area contributed by atoms with E-state index in [4.69, 9.17) is 10.5 Å². The third-order valence-electron chi connectivity index (χ3n) is 4.29. The summed E-state index contributed by atoms with van der Waals surface area (Å²) in [5.41, 5.74) is 7.86. The first-order valence-corrected chi connectivity index (χ1v) is 7.80. The Bertz CT molecular complexity index is 646. The molecular formula is C16H23N3O2. The topological polar surface area (TPSA) is 73.0 Å². The second kappa shape index (κ2) is 6.45. The maximum Gasteiger partial charge on any atom is 0.326 e. The lowest BCUT2D eigenvalue weighted by molar-refractivity contribution is 0.0127. The Labute approximate surface area is 124 Å². The molecule has 2 unspecified atom stereocenters. The Balaban J connectivity index is 1.55. The van der Waals surface area contributed by atoms with Crippen LogP contribution in [0.15, 0.2) is 29.1 Å². The number of rotatable bonds is 5. The van der Waals surface area contributed by atoms with Crippen molar-refractivity contribution in [1.82, 2.24) is 9.55 Å². The summed E-state index contributed by atoms with van der Waals surface area (Å²) in [6.45, 7) is 1.33. The van der Waals surface area contributed by atoms with Crippen molar-refractivity contribution >= 4 is 11.0 Å². The summed E-state index contributed by atoms with van der Waals surface area (Å²) >= 11 is 0. The van der Waals surface area contributed by atoms with Crippen LogP contribution in [0.2, 0.25) is 0 Å². The Morgan fingerprint density at radius 2 is 2.10 bits per heavy atom. The van der Waals surface area contributed by atoms with Crippen LogP contribution in [0.1, 0.15) is 32.1 Å². The lowest BCUT2D eigenvalue weighted by Crippen LogP contribution is -2.39. The molecule has 1 aromatic heterocycles. The molecule has 2 aromatic rings. The minimum atomic E-state index is -0.0504. The monoisotopic (exact) mass is 289 g/mol. The van der Waals surface area contributed by atoms with Crippen LogP contribution in [-0.2, 0) is 11.3 Å². The summed E-state index contributed by atoms with van der Waals surface area (Å²) in [4.78, 5) is 14.8. The minimum absolute atomic E-state index is 0.0504. The number of para-hydroxylation sites is 2. The van der Waals surface area contributed by atoms with E-state index in [1.807, 2.05) is 24.3 Å². The Morgan fingerprint density at radius 1 is 1.29 bits per heavy atom. The van der Waals surface area contributed by atoms with Crippen molar-refractivity contribution in [3.05, 3.63) is 34.7 Å². The number of nitrogens with one attached hydrogen (secondary N) is 1. The van der Waals surface area contributed by atoms with Crippen molar-refractivity contribution in [1.29, 1.82) is 0 Å². The van der Waals surface area contributed by atoms with Gasteiger partial charge in [-0.05, 0) is 31.4 Å². The molecule has 1 heterocycles. The maximum atomic E-state index is 11.9. The third kappa shape index (κ3) is 3.19. The minimum Gasteiger partial charge on any atom is -0.377 e. The normalized spacial score (nSPS) is 22.7. The predicted octanol–water partition coefficient (Wildman–Crippen LogP) is 2.01. The largest absolute Gasteiger partial charge is 0.377 e. The molecule has 3 rings (SSSR count). The van der Waals surface area contributed by atoms with Crippen molar-refractivity contribution in [3.63, 3.8) is 0 Å². The van der Waals surface area contributed by atoms with Gasteiger partial charge >= 0.3 is 5.69 Å². The summed E-state index contributed by atoms with van der Waals surface area (Å²) < 4.78 is 7.67. The first-order chi connectivity index (χ1) is 10.3. The van der Waals surface area contributed by atoms with E-state index in [1.54, 1.807) is 4.57 Å². The zero-order valence-electron chi connectivity index (χ0n) is 12.3. The number of hydrogen-bond acceptors (Lipinski definition) is 3. The second-order valence-electron chi connectivity index (χ2n) is 5.81. The number of aryl methyl sites for hydroxylation is 1. The van der Waals surface area contributed by atoms with E-state index in [0.29, 0.717) is 13.2 Å². The van der Waals surface area contributed by atoms with E-state index in [1.165, 1.54) is 12.8 Å². The number of aromatic nitrogens is 2. The van der Waals surface area contributed by atoms with Gasteiger partial charge in [0.2, 0.25) is 0 Å². The summed E-state index contributed by atoms with van der Waals surface area (Å²) in [5.74, 6) is 0. The van der Waals surface area contributed by atoms with Gasteiger partial charge in [0.15, 0.2) is 0 Å². The molecule has 1 saturated carbocycles. The van der Waals surface area contributed by atoms with Gasteiger partial charge in [0, 0.05) is 19.2 Å². The molecule has 0 aliphatic heterocycles. The average Bonchev–Trinajstić information content (AvgIpc) is 2.81. The fourth-order valence-electron chi connectivity index (χ4n) is 3.12. The SMILES string of the molecule is NC1CCCCC1OCCCn1c(=O)[nH]c2ccccc21. The number of ether oxygens (including phenoxy) is 1. The van der Waals surface area contributed by atoms with E-state index >= 15 is 0 Å². The molecule has 1 aromatic carbocycles.